The van der Waals surface area contributed by atoms with E-state index in [0.29, 0.717) is 0 Å². The van der Waals surface area contributed by atoms with Crippen LogP contribution in [0.5, 0.6) is 0 Å². The van der Waals surface area contributed by atoms with Gasteiger partial charge in [-0.25, -0.2) is 0 Å². The third-order valence-corrected chi connectivity index (χ3v) is 4.61. The summed E-state index contributed by atoms with van der Waals surface area (Å²) in [5.74, 6) is 0.798. The number of benzene rings is 1. The second-order valence-electron chi connectivity index (χ2n) is 6.60. The predicted molar refractivity (Wildman–Crippen MR) is 89.6 cm³/mol. The fraction of sp³-hybridized carbons (Fsp3) is 0.684. The highest BCUT2D eigenvalue weighted by atomic mass is 16.5. The molecule has 1 saturated carbocycles. The van der Waals surface area contributed by atoms with Crippen LogP contribution in [-0.4, -0.2) is 25.3 Å². The molecule has 0 heterocycles. The topological polar surface area (TPSA) is 21.3 Å². The van der Waals surface area contributed by atoms with E-state index in [4.69, 9.17) is 4.74 Å². The molecule has 0 spiro atoms. The van der Waals surface area contributed by atoms with Crippen molar-refractivity contribution >= 4 is 0 Å². The van der Waals surface area contributed by atoms with Gasteiger partial charge in [0.15, 0.2) is 0 Å². The van der Waals surface area contributed by atoms with Gasteiger partial charge >= 0.3 is 0 Å². The summed E-state index contributed by atoms with van der Waals surface area (Å²) in [6.45, 7) is 7.47. The van der Waals surface area contributed by atoms with Crippen molar-refractivity contribution in [3.63, 3.8) is 0 Å². The third-order valence-electron chi connectivity index (χ3n) is 4.61. The monoisotopic (exact) mass is 289 g/mol. The molecule has 1 aromatic rings. The van der Waals surface area contributed by atoms with Crippen molar-refractivity contribution in [2.75, 3.05) is 19.7 Å². The van der Waals surface area contributed by atoms with E-state index in [1.165, 1.54) is 31.2 Å². The molecule has 21 heavy (non-hydrogen) atoms. The van der Waals surface area contributed by atoms with Crippen LogP contribution in [0.2, 0.25) is 0 Å². The molecule has 2 atom stereocenters. The van der Waals surface area contributed by atoms with Crippen LogP contribution >= 0.6 is 0 Å². The first-order valence-corrected chi connectivity index (χ1v) is 8.63. The molecule has 2 nitrogen and oxygen atoms in total. The molecule has 0 aliphatic heterocycles. The molecule has 1 N–H and O–H groups in total. The Balaban J connectivity index is 1.78. The molecule has 118 valence electrons. The third kappa shape index (κ3) is 5.44. The number of ether oxygens (including phenoxy) is 1. The second-order valence-corrected chi connectivity index (χ2v) is 6.60. The Morgan fingerprint density at radius 2 is 2.10 bits per heavy atom. The molecular formula is C19H31NO. The van der Waals surface area contributed by atoms with Crippen molar-refractivity contribution in [3.05, 3.63) is 35.9 Å². The molecule has 2 heteroatoms. The molecule has 0 amide bonds. The summed E-state index contributed by atoms with van der Waals surface area (Å²) in [6, 6.07) is 10.7. The van der Waals surface area contributed by atoms with Crippen LogP contribution in [-0.2, 0) is 11.2 Å². The van der Waals surface area contributed by atoms with Gasteiger partial charge in [0.1, 0.15) is 0 Å². The average Bonchev–Trinajstić information content (AvgIpc) is 2.51. The Bertz CT molecular complexity index is 392. The minimum Gasteiger partial charge on any atom is -0.374 e. The van der Waals surface area contributed by atoms with Crippen molar-refractivity contribution in [3.8, 4) is 0 Å². The summed E-state index contributed by atoms with van der Waals surface area (Å²) in [5, 5.41) is 3.51. The van der Waals surface area contributed by atoms with Crippen molar-refractivity contribution in [1.82, 2.24) is 5.32 Å². The zero-order chi connectivity index (χ0) is 15.0. The lowest BCUT2D eigenvalue weighted by Crippen LogP contribution is -2.46. The van der Waals surface area contributed by atoms with E-state index in [1.807, 2.05) is 0 Å². The normalized spacial score (nSPS) is 25.9. The molecule has 0 aromatic heterocycles. The quantitative estimate of drug-likeness (QED) is 0.724. The molecule has 0 bridgehead atoms. The van der Waals surface area contributed by atoms with Gasteiger partial charge in [-0.1, -0.05) is 57.0 Å². The highest BCUT2D eigenvalue weighted by Gasteiger charge is 2.35. The zero-order valence-electron chi connectivity index (χ0n) is 13.7. The summed E-state index contributed by atoms with van der Waals surface area (Å²) < 4.78 is 6.40. The van der Waals surface area contributed by atoms with Gasteiger partial charge in [0.05, 0.1) is 5.60 Å². The van der Waals surface area contributed by atoms with Crippen molar-refractivity contribution in [1.29, 1.82) is 0 Å². The Morgan fingerprint density at radius 1 is 1.29 bits per heavy atom. The lowest BCUT2D eigenvalue weighted by atomic mass is 9.78. The molecule has 1 aliphatic carbocycles. The van der Waals surface area contributed by atoms with Gasteiger partial charge in [-0.2, -0.15) is 0 Å². The standard InChI is InChI=1S/C19H31NO/c1-3-20-16-19(13-7-9-17(2)15-19)21-14-8-12-18-10-5-4-6-11-18/h4-6,10-11,17,20H,3,7-9,12-16H2,1-2H3. The summed E-state index contributed by atoms with van der Waals surface area (Å²) in [7, 11) is 0. The van der Waals surface area contributed by atoms with Gasteiger partial charge in [-0.05, 0) is 43.7 Å². The minimum atomic E-state index is 0.0877. The fourth-order valence-corrected chi connectivity index (χ4v) is 3.52. The van der Waals surface area contributed by atoms with E-state index >= 15 is 0 Å². The van der Waals surface area contributed by atoms with Crippen LogP contribution in [0.1, 0.15) is 51.5 Å². The first-order chi connectivity index (χ1) is 10.2. The summed E-state index contributed by atoms with van der Waals surface area (Å²) in [5.41, 5.74) is 1.50. The summed E-state index contributed by atoms with van der Waals surface area (Å²) in [4.78, 5) is 0. The minimum absolute atomic E-state index is 0.0877. The SMILES string of the molecule is CCNCC1(OCCCc2ccccc2)CCCC(C)C1. The summed E-state index contributed by atoms with van der Waals surface area (Å²) >= 11 is 0. The molecule has 2 rings (SSSR count). The van der Waals surface area contributed by atoms with E-state index < -0.39 is 0 Å². The average molecular weight is 289 g/mol. The predicted octanol–water partition coefficient (Wildman–Crippen LogP) is 4.19. The summed E-state index contributed by atoms with van der Waals surface area (Å²) in [6.07, 6.45) is 7.34. The molecule has 0 saturated heterocycles. The largest absolute Gasteiger partial charge is 0.374 e. The molecule has 1 aromatic carbocycles. The Labute approximate surface area is 130 Å². The van der Waals surface area contributed by atoms with E-state index in [9.17, 15) is 0 Å². The highest BCUT2D eigenvalue weighted by molar-refractivity contribution is 5.14. The first kappa shape index (κ1) is 16.5. The number of hydrogen-bond donors (Lipinski definition) is 1. The first-order valence-electron chi connectivity index (χ1n) is 8.63. The molecule has 1 fully saturated rings. The van der Waals surface area contributed by atoms with Crippen LogP contribution in [0.25, 0.3) is 0 Å². The molecule has 0 radical (unpaired) electrons. The lowest BCUT2D eigenvalue weighted by Gasteiger charge is -2.40. The zero-order valence-corrected chi connectivity index (χ0v) is 13.7. The maximum Gasteiger partial charge on any atom is 0.0808 e. The van der Waals surface area contributed by atoms with Crippen LogP contribution < -0.4 is 5.32 Å². The van der Waals surface area contributed by atoms with Gasteiger partial charge in [0.2, 0.25) is 0 Å². The maximum absolute atomic E-state index is 6.40. The van der Waals surface area contributed by atoms with E-state index in [-0.39, 0.29) is 5.60 Å². The number of aryl methyl sites for hydroxylation is 1. The van der Waals surface area contributed by atoms with Crippen LogP contribution in [0.4, 0.5) is 0 Å². The van der Waals surface area contributed by atoms with Gasteiger partial charge in [0, 0.05) is 13.2 Å². The van der Waals surface area contributed by atoms with E-state index in [0.717, 1.165) is 38.5 Å². The number of likely N-dealkylation sites (N-methyl/N-ethyl adjacent to an activating group) is 1. The Kier molecular flexibility index (Phi) is 6.72. The van der Waals surface area contributed by atoms with Gasteiger partial charge < -0.3 is 10.1 Å². The highest BCUT2D eigenvalue weighted by Crippen LogP contribution is 2.35. The maximum atomic E-state index is 6.40. The van der Waals surface area contributed by atoms with E-state index in [2.05, 4.69) is 49.5 Å². The smallest absolute Gasteiger partial charge is 0.0808 e. The van der Waals surface area contributed by atoms with Gasteiger partial charge in [-0.15, -0.1) is 0 Å². The van der Waals surface area contributed by atoms with Gasteiger partial charge in [0.25, 0.3) is 0 Å². The van der Waals surface area contributed by atoms with Crippen LogP contribution in [0.3, 0.4) is 0 Å². The van der Waals surface area contributed by atoms with Gasteiger partial charge in [-0.3, -0.25) is 0 Å². The van der Waals surface area contributed by atoms with Crippen molar-refractivity contribution in [2.24, 2.45) is 5.92 Å². The van der Waals surface area contributed by atoms with Crippen molar-refractivity contribution < 1.29 is 4.74 Å². The van der Waals surface area contributed by atoms with Crippen LogP contribution in [0.15, 0.2) is 30.3 Å². The van der Waals surface area contributed by atoms with E-state index in [1.54, 1.807) is 0 Å². The molecule has 1 aliphatic rings. The number of rotatable bonds is 8. The molecule has 2 unspecified atom stereocenters. The number of nitrogens with one attached hydrogen (secondary N) is 1. The fourth-order valence-electron chi connectivity index (χ4n) is 3.52. The van der Waals surface area contributed by atoms with Crippen molar-refractivity contribution in [2.45, 2.75) is 58.0 Å². The van der Waals surface area contributed by atoms with Crippen LogP contribution in [0, 0.1) is 5.92 Å². The Hall–Kier alpha value is -0.860. The lowest BCUT2D eigenvalue weighted by molar-refractivity contribution is -0.0797. The number of hydrogen-bond acceptors (Lipinski definition) is 2. The second kappa shape index (κ2) is 8.55. The Morgan fingerprint density at radius 3 is 2.81 bits per heavy atom. The molecular weight excluding hydrogens is 258 g/mol.